The number of imide groups is 1. The zero-order chi connectivity index (χ0) is 23.1. The van der Waals surface area contributed by atoms with Gasteiger partial charge in [-0.1, -0.05) is 12.1 Å². The summed E-state index contributed by atoms with van der Waals surface area (Å²) in [6.07, 6.45) is 2.11. The number of halogens is 1. The number of fused-ring (bicyclic) bond motifs is 2. The third-order valence-electron chi connectivity index (χ3n) is 6.02. The molecule has 33 heavy (non-hydrogen) atoms. The normalized spacial score (nSPS) is 19.3. The Morgan fingerprint density at radius 1 is 1.18 bits per heavy atom. The number of hydrogen-bond acceptors (Lipinski definition) is 5. The lowest BCUT2D eigenvalue weighted by atomic mass is 10.0. The van der Waals surface area contributed by atoms with Crippen molar-refractivity contribution in [3.8, 4) is 5.75 Å². The van der Waals surface area contributed by atoms with Crippen LogP contribution < -0.4 is 15.4 Å². The highest BCUT2D eigenvalue weighted by molar-refractivity contribution is 6.05. The van der Waals surface area contributed by atoms with Crippen molar-refractivity contribution in [1.82, 2.24) is 15.5 Å². The summed E-state index contributed by atoms with van der Waals surface area (Å²) in [6, 6.07) is 8.74. The molecule has 2 aromatic rings. The Hall–Kier alpha value is -4.01. The minimum Gasteiger partial charge on any atom is -0.488 e. The third kappa shape index (κ3) is 3.97. The summed E-state index contributed by atoms with van der Waals surface area (Å²) in [7, 11) is 0. The smallest absolute Gasteiger partial charge is 0.255 e. The van der Waals surface area contributed by atoms with Gasteiger partial charge >= 0.3 is 0 Å². The Labute approximate surface area is 188 Å². The molecule has 3 heterocycles. The maximum absolute atomic E-state index is 13.5. The molecular weight excluding hydrogens is 429 g/mol. The maximum Gasteiger partial charge on any atom is 0.255 e. The molecule has 4 amide bonds. The zero-order valence-corrected chi connectivity index (χ0v) is 17.5. The van der Waals surface area contributed by atoms with Crippen molar-refractivity contribution >= 4 is 29.7 Å². The van der Waals surface area contributed by atoms with Crippen LogP contribution >= 0.6 is 0 Å². The molecule has 0 radical (unpaired) electrons. The molecule has 0 spiro atoms. The molecule has 8 nitrogen and oxygen atoms in total. The van der Waals surface area contributed by atoms with Crippen molar-refractivity contribution < 1.29 is 28.3 Å². The predicted molar refractivity (Wildman–Crippen MR) is 114 cm³/mol. The van der Waals surface area contributed by atoms with Crippen LogP contribution in [0.5, 0.6) is 5.75 Å². The predicted octanol–water partition coefficient (Wildman–Crippen LogP) is 1.68. The van der Waals surface area contributed by atoms with E-state index in [1.165, 1.54) is 23.1 Å². The lowest BCUT2D eigenvalue weighted by Gasteiger charge is -2.29. The number of ether oxygens (including phenoxy) is 1. The summed E-state index contributed by atoms with van der Waals surface area (Å²) in [5.41, 5.74) is 2.96. The highest BCUT2D eigenvalue weighted by Crippen LogP contribution is 2.29. The first kappa shape index (κ1) is 20.9. The second-order valence-corrected chi connectivity index (χ2v) is 8.21. The van der Waals surface area contributed by atoms with Crippen LogP contribution in [0.1, 0.15) is 39.9 Å². The van der Waals surface area contributed by atoms with Gasteiger partial charge in [-0.05, 0) is 47.9 Å². The Morgan fingerprint density at radius 3 is 2.85 bits per heavy atom. The van der Waals surface area contributed by atoms with E-state index in [9.17, 15) is 23.6 Å². The molecular formula is C24H20FN3O5. The molecule has 0 saturated carbocycles. The first-order valence-corrected chi connectivity index (χ1v) is 10.6. The number of piperidine rings is 1. The number of nitrogens with zero attached hydrogens (tertiary/aromatic N) is 1. The van der Waals surface area contributed by atoms with E-state index in [0.29, 0.717) is 28.9 Å². The minimum absolute atomic E-state index is 0.0874. The SMILES string of the molecule is O=C1CCC(N2Cc3cc(CNC(=O)C4=Cc5cc(F)ccc5OC4)ccc3C2=O)C(=O)N1. The number of benzene rings is 2. The van der Waals surface area contributed by atoms with Crippen LogP contribution in [0.4, 0.5) is 4.39 Å². The van der Waals surface area contributed by atoms with E-state index in [-0.39, 0.29) is 43.8 Å². The monoisotopic (exact) mass is 449 g/mol. The minimum atomic E-state index is -0.670. The van der Waals surface area contributed by atoms with Crippen LogP contribution in [0, 0.1) is 5.82 Å². The number of carbonyl (C=O) groups is 4. The molecule has 5 rings (SSSR count). The van der Waals surface area contributed by atoms with Gasteiger partial charge in [-0.15, -0.1) is 0 Å². The highest BCUT2D eigenvalue weighted by Gasteiger charge is 2.39. The van der Waals surface area contributed by atoms with E-state index in [2.05, 4.69) is 10.6 Å². The molecule has 3 aliphatic heterocycles. The maximum atomic E-state index is 13.5. The Morgan fingerprint density at radius 2 is 2.03 bits per heavy atom. The summed E-state index contributed by atoms with van der Waals surface area (Å²) in [5.74, 6) is -1.24. The molecule has 2 aromatic carbocycles. The second kappa shape index (κ2) is 8.16. The van der Waals surface area contributed by atoms with Crippen LogP contribution in [-0.2, 0) is 27.5 Å². The van der Waals surface area contributed by atoms with Crippen molar-refractivity contribution in [2.75, 3.05) is 6.61 Å². The fraction of sp³-hybridized carbons (Fsp3) is 0.250. The fourth-order valence-corrected chi connectivity index (χ4v) is 4.31. The molecule has 0 aliphatic carbocycles. The van der Waals surface area contributed by atoms with E-state index in [1.54, 1.807) is 18.2 Å². The lowest BCUT2D eigenvalue weighted by molar-refractivity contribution is -0.137. The molecule has 1 unspecified atom stereocenters. The molecule has 1 saturated heterocycles. The van der Waals surface area contributed by atoms with Gasteiger partial charge in [-0.3, -0.25) is 24.5 Å². The van der Waals surface area contributed by atoms with Crippen molar-refractivity contribution in [2.24, 2.45) is 0 Å². The summed E-state index contributed by atoms with van der Waals surface area (Å²) >= 11 is 0. The number of carbonyl (C=O) groups excluding carboxylic acids is 4. The van der Waals surface area contributed by atoms with E-state index < -0.39 is 17.8 Å². The first-order valence-electron chi connectivity index (χ1n) is 10.6. The quantitative estimate of drug-likeness (QED) is 0.692. The summed E-state index contributed by atoms with van der Waals surface area (Å²) in [4.78, 5) is 50.4. The Balaban J connectivity index is 1.25. The molecule has 9 heteroatoms. The van der Waals surface area contributed by atoms with Gasteiger partial charge in [0.1, 0.15) is 24.2 Å². The van der Waals surface area contributed by atoms with Crippen molar-refractivity contribution in [1.29, 1.82) is 0 Å². The number of hydrogen-bond donors (Lipinski definition) is 2. The average molecular weight is 449 g/mol. The van der Waals surface area contributed by atoms with Crippen LogP contribution in [-0.4, -0.2) is 41.2 Å². The van der Waals surface area contributed by atoms with Crippen LogP contribution in [0.15, 0.2) is 42.0 Å². The van der Waals surface area contributed by atoms with Crippen molar-refractivity contribution in [2.45, 2.75) is 32.0 Å². The topological polar surface area (TPSA) is 105 Å². The van der Waals surface area contributed by atoms with Crippen molar-refractivity contribution in [3.63, 3.8) is 0 Å². The first-order chi connectivity index (χ1) is 15.9. The molecule has 1 fully saturated rings. The Bertz CT molecular complexity index is 1240. The third-order valence-corrected chi connectivity index (χ3v) is 6.02. The molecule has 2 N–H and O–H groups in total. The van der Waals surface area contributed by atoms with Gasteiger partial charge < -0.3 is 15.0 Å². The van der Waals surface area contributed by atoms with Gasteiger partial charge in [0.25, 0.3) is 11.8 Å². The van der Waals surface area contributed by atoms with Gasteiger partial charge in [-0.25, -0.2) is 4.39 Å². The van der Waals surface area contributed by atoms with E-state index >= 15 is 0 Å². The van der Waals surface area contributed by atoms with Gasteiger partial charge in [-0.2, -0.15) is 0 Å². The fourth-order valence-electron chi connectivity index (χ4n) is 4.31. The molecule has 1 atom stereocenters. The second-order valence-electron chi connectivity index (χ2n) is 8.21. The van der Waals surface area contributed by atoms with E-state index in [4.69, 9.17) is 4.74 Å². The van der Waals surface area contributed by atoms with Crippen LogP contribution in [0.2, 0.25) is 0 Å². The molecule has 0 bridgehead atoms. The van der Waals surface area contributed by atoms with Crippen LogP contribution in [0.3, 0.4) is 0 Å². The number of rotatable bonds is 4. The van der Waals surface area contributed by atoms with Gasteiger partial charge in [0, 0.05) is 30.6 Å². The van der Waals surface area contributed by atoms with E-state index in [1.807, 2.05) is 6.07 Å². The lowest BCUT2D eigenvalue weighted by Crippen LogP contribution is -2.52. The number of amides is 4. The summed E-state index contributed by atoms with van der Waals surface area (Å²) < 4.78 is 19.0. The van der Waals surface area contributed by atoms with Gasteiger partial charge in [0.15, 0.2) is 0 Å². The zero-order valence-electron chi connectivity index (χ0n) is 17.5. The highest BCUT2D eigenvalue weighted by atomic mass is 19.1. The Kier molecular flexibility index (Phi) is 5.16. The van der Waals surface area contributed by atoms with Crippen LogP contribution in [0.25, 0.3) is 6.08 Å². The largest absolute Gasteiger partial charge is 0.488 e. The summed E-state index contributed by atoms with van der Waals surface area (Å²) in [6.45, 7) is 0.583. The average Bonchev–Trinajstić information content (AvgIpc) is 3.12. The molecule has 168 valence electrons. The standard InChI is InChI=1S/C24H20FN3O5/c25-17-2-5-20-14(9-17)8-16(12-33-20)22(30)26-10-13-1-3-18-15(7-13)11-28(24(18)32)19-4-6-21(29)27-23(19)31/h1-3,5,7-9,19H,4,6,10-12H2,(H,26,30)(H,27,29,31). The summed E-state index contributed by atoms with van der Waals surface area (Å²) in [5, 5.41) is 5.10. The molecule has 3 aliphatic rings. The van der Waals surface area contributed by atoms with Crippen molar-refractivity contribution in [3.05, 3.63) is 70.0 Å². The number of nitrogens with one attached hydrogen (secondary N) is 2. The van der Waals surface area contributed by atoms with E-state index in [0.717, 1.165) is 11.1 Å². The van der Waals surface area contributed by atoms with Gasteiger partial charge in [0.2, 0.25) is 11.8 Å². The van der Waals surface area contributed by atoms with Gasteiger partial charge in [0.05, 0.1) is 5.57 Å². The molecule has 0 aromatic heterocycles.